The average molecular weight is 772 g/mol. The lowest BCUT2D eigenvalue weighted by Gasteiger charge is -2.56. The van der Waals surface area contributed by atoms with Crippen LogP contribution in [0.4, 0.5) is 0 Å². The van der Waals surface area contributed by atoms with Gasteiger partial charge < -0.3 is 23.5 Å². The second kappa shape index (κ2) is 14.1. The van der Waals surface area contributed by atoms with Gasteiger partial charge in [-0.15, -0.1) is 0 Å². The maximum absolute atomic E-state index is 15.7. The van der Waals surface area contributed by atoms with Gasteiger partial charge in [-0.1, -0.05) is 93.0 Å². The molecule has 1 fully saturated rings. The molecule has 2 aromatic carbocycles. The van der Waals surface area contributed by atoms with Crippen molar-refractivity contribution in [2.24, 2.45) is 17.8 Å². The van der Waals surface area contributed by atoms with Crippen LogP contribution in [0.2, 0.25) is 23.3 Å². The van der Waals surface area contributed by atoms with E-state index in [1.165, 1.54) is 0 Å². The zero-order valence-electron chi connectivity index (χ0n) is 31.6. The molecular formula is C41H46ClN3O8Si. The normalized spacial score (nSPS) is 23.8. The van der Waals surface area contributed by atoms with Crippen LogP contribution in [0.15, 0.2) is 65.2 Å². The molecule has 0 aliphatic heterocycles. The molecule has 284 valence electrons. The highest BCUT2D eigenvalue weighted by Crippen LogP contribution is 2.59. The molecule has 2 heterocycles. The molecular weight excluding hydrogens is 726 g/mol. The first-order chi connectivity index (χ1) is 25.6. The predicted octanol–water partition coefficient (Wildman–Crippen LogP) is 7.19. The number of ketones is 3. The van der Waals surface area contributed by atoms with E-state index in [1.54, 1.807) is 0 Å². The molecule has 1 saturated carbocycles. The predicted molar refractivity (Wildman–Crippen MR) is 203 cm³/mol. The molecule has 3 aliphatic rings. The van der Waals surface area contributed by atoms with Gasteiger partial charge in [-0.2, -0.15) is 0 Å². The van der Waals surface area contributed by atoms with Crippen LogP contribution in [-0.2, 0) is 35.5 Å². The second-order valence-corrected chi connectivity index (χ2v) is 21.4. The summed E-state index contributed by atoms with van der Waals surface area (Å²) in [5, 5.41) is 14.3. The number of hydrogen-bond acceptors (Lipinski definition) is 11. The fourth-order valence-corrected chi connectivity index (χ4v) is 9.84. The van der Waals surface area contributed by atoms with Gasteiger partial charge in [-0.3, -0.25) is 19.3 Å². The van der Waals surface area contributed by atoms with Crippen molar-refractivity contribution in [3.8, 4) is 11.6 Å². The minimum Gasteiger partial charge on any atom is -0.486 e. The SMILES string of the molecule is CN(C)[C@@H]1c2onc(OCc3ccccc3)c2C(=O)[C@@]2(O[Si](C)(C)C(C)(C)C)C(=O)C3C(=O)c4c(c(Cl)nc(CO)c4OCc4ccccc4)C[C@H]3C[C@@H]12. The molecule has 1 N–H and O–H groups in total. The second-order valence-electron chi connectivity index (χ2n) is 16.3. The van der Waals surface area contributed by atoms with Gasteiger partial charge in [0.2, 0.25) is 5.78 Å². The largest absolute Gasteiger partial charge is 0.486 e. The van der Waals surface area contributed by atoms with Crippen LogP contribution >= 0.6 is 11.6 Å². The Morgan fingerprint density at radius 3 is 2.15 bits per heavy atom. The molecule has 0 saturated heterocycles. The molecule has 3 aliphatic carbocycles. The van der Waals surface area contributed by atoms with Crippen molar-refractivity contribution in [3.63, 3.8) is 0 Å². The molecule has 0 radical (unpaired) electrons. The molecule has 5 atom stereocenters. The number of ether oxygens (including phenoxy) is 2. The molecule has 54 heavy (non-hydrogen) atoms. The number of aliphatic hydroxyl groups excluding tert-OH is 1. The Bertz CT molecular complexity index is 2100. The van der Waals surface area contributed by atoms with Crippen molar-refractivity contribution in [2.75, 3.05) is 14.1 Å². The number of aliphatic hydroxyl groups is 1. The van der Waals surface area contributed by atoms with E-state index in [2.05, 4.69) is 10.1 Å². The van der Waals surface area contributed by atoms with Crippen molar-refractivity contribution >= 4 is 37.3 Å². The number of carbonyl (C=O) groups is 3. The van der Waals surface area contributed by atoms with E-state index in [9.17, 15) is 5.11 Å². The highest BCUT2D eigenvalue weighted by molar-refractivity contribution is 6.74. The number of Topliss-reactive ketones (excluding diaryl/α,β-unsaturated/α-hetero) is 3. The van der Waals surface area contributed by atoms with Gasteiger partial charge in [0.25, 0.3) is 5.88 Å². The molecule has 2 aromatic heterocycles. The fourth-order valence-electron chi connectivity index (χ4n) is 8.11. The number of hydrogen-bond donors (Lipinski definition) is 1. The van der Waals surface area contributed by atoms with Gasteiger partial charge in [0.1, 0.15) is 29.6 Å². The third-order valence-electron chi connectivity index (χ3n) is 11.7. The lowest BCUT2D eigenvalue weighted by atomic mass is 9.54. The number of benzene rings is 2. The summed E-state index contributed by atoms with van der Waals surface area (Å²) in [4.78, 5) is 52.5. The summed E-state index contributed by atoms with van der Waals surface area (Å²) < 4.78 is 25.5. The van der Waals surface area contributed by atoms with Crippen LogP contribution in [0, 0.1) is 17.8 Å². The summed E-state index contributed by atoms with van der Waals surface area (Å²) in [5.74, 6) is -3.93. The Labute approximate surface area is 321 Å². The monoisotopic (exact) mass is 771 g/mol. The van der Waals surface area contributed by atoms with E-state index in [0.29, 0.717) is 11.3 Å². The summed E-state index contributed by atoms with van der Waals surface area (Å²) in [6.07, 6.45) is 0.496. The van der Waals surface area contributed by atoms with Crippen LogP contribution in [0.5, 0.6) is 11.6 Å². The van der Waals surface area contributed by atoms with E-state index in [-0.39, 0.29) is 59.7 Å². The zero-order valence-corrected chi connectivity index (χ0v) is 33.4. The molecule has 1 unspecified atom stereocenters. The smallest absolute Gasteiger partial charge is 0.265 e. The van der Waals surface area contributed by atoms with E-state index < -0.39 is 66.7 Å². The topological polar surface area (TPSA) is 141 Å². The quantitative estimate of drug-likeness (QED) is 0.0995. The molecule has 7 rings (SSSR count). The van der Waals surface area contributed by atoms with Crippen molar-refractivity contribution in [3.05, 3.63) is 105 Å². The van der Waals surface area contributed by atoms with Gasteiger partial charge >= 0.3 is 0 Å². The van der Waals surface area contributed by atoms with Gasteiger partial charge in [0.15, 0.2) is 37.0 Å². The number of nitrogens with zero attached hydrogens (tertiary/aromatic N) is 3. The lowest BCUT2D eigenvalue weighted by molar-refractivity contribution is -0.151. The molecule has 0 amide bonds. The minimum absolute atomic E-state index is 0.0281. The number of aromatic nitrogens is 2. The van der Waals surface area contributed by atoms with Crippen LogP contribution in [0.1, 0.15) is 82.1 Å². The Kier molecular flexibility index (Phi) is 9.97. The third kappa shape index (κ3) is 6.21. The van der Waals surface area contributed by atoms with E-state index in [4.69, 9.17) is 30.0 Å². The first-order valence-electron chi connectivity index (χ1n) is 18.3. The third-order valence-corrected chi connectivity index (χ3v) is 16.5. The van der Waals surface area contributed by atoms with Gasteiger partial charge in [-0.05, 0) is 67.3 Å². The lowest BCUT2D eigenvalue weighted by Crippen LogP contribution is -2.70. The number of fused-ring (bicyclic) bond motifs is 4. The van der Waals surface area contributed by atoms with Crippen LogP contribution in [0.25, 0.3) is 0 Å². The first kappa shape index (κ1) is 38.1. The van der Waals surface area contributed by atoms with Gasteiger partial charge in [0, 0.05) is 11.5 Å². The van der Waals surface area contributed by atoms with E-state index >= 15 is 14.4 Å². The first-order valence-corrected chi connectivity index (χ1v) is 21.5. The van der Waals surface area contributed by atoms with Crippen LogP contribution in [-0.4, -0.2) is 65.5 Å². The summed E-state index contributed by atoms with van der Waals surface area (Å²) in [6.45, 7) is 9.78. The maximum atomic E-state index is 15.7. The number of rotatable bonds is 10. The highest BCUT2D eigenvalue weighted by atomic mass is 35.5. The van der Waals surface area contributed by atoms with Gasteiger partial charge in [0.05, 0.1) is 24.1 Å². The van der Waals surface area contributed by atoms with Crippen molar-refractivity contribution in [1.29, 1.82) is 0 Å². The van der Waals surface area contributed by atoms with Crippen LogP contribution in [0.3, 0.4) is 0 Å². The molecule has 4 aromatic rings. The fraction of sp³-hybridized carbons (Fsp3) is 0.439. The Morgan fingerprint density at radius 1 is 0.963 bits per heavy atom. The maximum Gasteiger partial charge on any atom is 0.265 e. The average Bonchev–Trinajstić information content (AvgIpc) is 3.55. The number of pyridine rings is 1. The molecule has 0 bridgehead atoms. The number of carbonyl (C=O) groups excluding carboxylic acids is 3. The summed E-state index contributed by atoms with van der Waals surface area (Å²) in [5.41, 5.74) is 0.335. The summed E-state index contributed by atoms with van der Waals surface area (Å²) in [7, 11) is 0.787. The standard InChI is InChI=1S/C41H46ClN3O8Si/c1-40(2,3)54(6,7)53-41-27(32(45(4)5)35-31(37(41)49)39(44-52-35)51-22-24-16-12-9-13-17-24)19-25-18-26-30(33(47)29(25)36(41)48)34(28(20-46)43-38(26)42)50-21-23-14-10-8-11-15-23/h8-17,25,27,29,32,46H,18-22H2,1-7H3/t25-,27-,29?,32-,41-/m0/s1. The molecule has 0 spiro atoms. The Hall–Kier alpha value is -4.20. The van der Waals surface area contributed by atoms with Crippen molar-refractivity contribution in [2.45, 2.75) is 83.2 Å². The van der Waals surface area contributed by atoms with E-state index in [0.717, 1.165) is 11.1 Å². The minimum atomic E-state index is -2.93. The highest BCUT2D eigenvalue weighted by Gasteiger charge is 2.70. The summed E-state index contributed by atoms with van der Waals surface area (Å²) >= 11 is 6.76. The summed E-state index contributed by atoms with van der Waals surface area (Å²) in [6, 6.07) is 18.2. The van der Waals surface area contributed by atoms with Gasteiger partial charge in [-0.25, -0.2) is 4.98 Å². The molecule has 13 heteroatoms. The van der Waals surface area contributed by atoms with Crippen molar-refractivity contribution in [1.82, 2.24) is 15.0 Å². The number of halogens is 1. The van der Waals surface area contributed by atoms with Crippen molar-refractivity contribution < 1.29 is 37.9 Å². The van der Waals surface area contributed by atoms with Crippen LogP contribution < -0.4 is 9.47 Å². The Balaban J connectivity index is 1.38. The zero-order chi connectivity index (χ0) is 38.7. The van der Waals surface area contributed by atoms with E-state index in [1.807, 2.05) is 114 Å². The Morgan fingerprint density at radius 2 is 1.57 bits per heavy atom. The molecule has 11 nitrogen and oxygen atoms in total.